The molecule has 0 spiro atoms. The molecule has 4 rings (SSSR count). The predicted octanol–water partition coefficient (Wildman–Crippen LogP) is 7.71. The zero-order chi connectivity index (χ0) is 25.9. The van der Waals surface area contributed by atoms with Crippen LogP contribution in [-0.2, 0) is 10.0 Å². The van der Waals surface area contributed by atoms with Gasteiger partial charge in [-0.15, -0.1) is 0 Å². The molecule has 188 valence electrons. The lowest BCUT2D eigenvalue weighted by atomic mass is 9.93. The van der Waals surface area contributed by atoms with E-state index in [4.69, 9.17) is 9.72 Å². The van der Waals surface area contributed by atoms with Gasteiger partial charge in [0.2, 0.25) is 0 Å². The molecule has 4 aromatic rings. The van der Waals surface area contributed by atoms with Gasteiger partial charge in [-0.2, -0.15) is 0 Å². The van der Waals surface area contributed by atoms with Crippen LogP contribution in [0.1, 0.15) is 38.3 Å². The Kier molecular flexibility index (Phi) is 7.52. The second kappa shape index (κ2) is 10.4. The molecule has 5 nitrogen and oxygen atoms in total. The second-order valence-electron chi connectivity index (χ2n) is 10.1. The van der Waals surface area contributed by atoms with Crippen molar-refractivity contribution in [1.82, 2.24) is 4.98 Å². The van der Waals surface area contributed by atoms with Crippen molar-refractivity contribution in [1.29, 1.82) is 0 Å². The fraction of sp³-hybridized carbons (Fsp3) is 0.276. The zero-order valence-electron chi connectivity index (χ0n) is 21.3. The van der Waals surface area contributed by atoms with Crippen LogP contribution < -0.4 is 9.46 Å². The molecule has 0 radical (unpaired) electrons. The Balaban J connectivity index is 1.75. The average molecular weight is 521 g/mol. The van der Waals surface area contributed by atoms with Gasteiger partial charge in [0.1, 0.15) is 5.75 Å². The first-order valence-corrected chi connectivity index (χ1v) is 14.2. The summed E-state index contributed by atoms with van der Waals surface area (Å²) in [6.45, 7) is 11.3. The maximum absolute atomic E-state index is 13.0. The van der Waals surface area contributed by atoms with E-state index < -0.39 is 10.0 Å². The van der Waals surface area contributed by atoms with Gasteiger partial charge in [-0.3, -0.25) is 4.72 Å². The summed E-state index contributed by atoms with van der Waals surface area (Å²) in [5, 5.41) is 0.325. The molecule has 7 heteroatoms. The normalized spacial score (nSPS) is 11.9. The van der Waals surface area contributed by atoms with Gasteiger partial charge < -0.3 is 4.74 Å². The number of ether oxygens (including phenoxy) is 1. The third-order valence-corrected chi connectivity index (χ3v) is 8.34. The smallest absolute Gasteiger partial charge is 0.263 e. The average Bonchev–Trinajstić information content (AvgIpc) is 3.21. The minimum Gasteiger partial charge on any atom is -0.494 e. The van der Waals surface area contributed by atoms with E-state index in [1.807, 2.05) is 56.3 Å². The third kappa shape index (κ3) is 6.15. The highest BCUT2D eigenvalue weighted by molar-refractivity contribution is 7.93. The molecule has 0 amide bonds. The molecular weight excluding hydrogens is 488 g/mol. The minimum absolute atomic E-state index is 0.190. The minimum atomic E-state index is -3.76. The molecule has 0 saturated carbocycles. The number of aryl methyl sites for hydroxylation is 2. The number of benzene rings is 3. The van der Waals surface area contributed by atoms with Crippen molar-refractivity contribution in [2.24, 2.45) is 5.41 Å². The van der Waals surface area contributed by atoms with Crippen LogP contribution in [-0.4, -0.2) is 20.0 Å². The molecule has 1 aromatic heterocycles. The Hall–Kier alpha value is -3.16. The first-order chi connectivity index (χ1) is 17.0. The van der Waals surface area contributed by atoms with Crippen molar-refractivity contribution in [2.45, 2.75) is 45.9 Å². The summed E-state index contributed by atoms with van der Waals surface area (Å²) < 4.78 is 34.8. The van der Waals surface area contributed by atoms with Crippen LogP contribution in [0.25, 0.3) is 21.7 Å². The van der Waals surface area contributed by atoms with Crippen LogP contribution in [0.3, 0.4) is 0 Å². The standard InChI is InChI=1S/C29H32N2O3S2/c1-20-11-9-12-21(2)25(20)26-27(22-13-10-14-23(19-22)34-18-17-29(3,4)5)35-28(30-26)31-36(32,33)24-15-7-6-8-16-24/h6-16,19H,17-18H2,1-5H3,(H,30,31). The van der Waals surface area contributed by atoms with E-state index in [1.54, 1.807) is 30.3 Å². The quantitative estimate of drug-likeness (QED) is 0.258. The topological polar surface area (TPSA) is 68.3 Å². The van der Waals surface area contributed by atoms with Gasteiger partial charge >= 0.3 is 0 Å². The zero-order valence-corrected chi connectivity index (χ0v) is 23.0. The van der Waals surface area contributed by atoms with Crippen molar-refractivity contribution in [3.05, 3.63) is 83.9 Å². The lowest BCUT2D eigenvalue weighted by Crippen LogP contribution is -2.12. The van der Waals surface area contributed by atoms with Crippen molar-refractivity contribution >= 4 is 26.5 Å². The van der Waals surface area contributed by atoms with Crippen LogP contribution in [0.15, 0.2) is 77.7 Å². The van der Waals surface area contributed by atoms with Gasteiger partial charge in [-0.05, 0) is 66.6 Å². The molecule has 0 aliphatic heterocycles. The van der Waals surface area contributed by atoms with E-state index in [1.165, 1.54) is 11.3 Å². The van der Waals surface area contributed by atoms with E-state index in [0.717, 1.165) is 45.0 Å². The molecule has 0 unspecified atom stereocenters. The van der Waals surface area contributed by atoms with Gasteiger partial charge in [-0.25, -0.2) is 13.4 Å². The van der Waals surface area contributed by atoms with Gasteiger partial charge in [0, 0.05) is 5.56 Å². The highest BCUT2D eigenvalue weighted by Gasteiger charge is 2.22. The highest BCUT2D eigenvalue weighted by atomic mass is 32.2. The lowest BCUT2D eigenvalue weighted by molar-refractivity contribution is 0.243. The van der Waals surface area contributed by atoms with Crippen LogP contribution in [0, 0.1) is 19.3 Å². The molecule has 1 N–H and O–H groups in total. The number of rotatable bonds is 8. The van der Waals surface area contributed by atoms with Crippen molar-refractivity contribution < 1.29 is 13.2 Å². The van der Waals surface area contributed by atoms with Gasteiger partial charge in [-0.1, -0.05) is 80.6 Å². The number of sulfonamides is 1. The molecule has 36 heavy (non-hydrogen) atoms. The third-order valence-electron chi connectivity index (χ3n) is 5.84. The molecule has 0 atom stereocenters. The van der Waals surface area contributed by atoms with Gasteiger partial charge in [0.25, 0.3) is 10.0 Å². The Labute approximate surface area is 218 Å². The Morgan fingerprint density at radius 1 is 0.917 bits per heavy atom. The Morgan fingerprint density at radius 3 is 2.25 bits per heavy atom. The molecule has 0 saturated heterocycles. The number of hydrogen-bond donors (Lipinski definition) is 1. The monoisotopic (exact) mass is 520 g/mol. The lowest BCUT2D eigenvalue weighted by Gasteiger charge is -2.18. The van der Waals surface area contributed by atoms with E-state index >= 15 is 0 Å². The molecule has 0 aliphatic carbocycles. The molecular formula is C29H32N2O3S2. The first-order valence-electron chi connectivity index (χ1n) is 11.9. The Bertz CT molecular complexity index is 1430. The van der Waals surface area contributed by atoms with Gasteiger partial charge in [0.05, 0.1) is 22.1 Å². The van der Waals surface area contributed by atoms with Crippen LogP contribution in [0.5, 0.6) is 5.75 Å². The largest absolute Gasteiger partial charge is 0.494 e. The highest BCUT2D eigenvalue weighted by Crippen LogP contribution is 2.42. The number of nitrogens with one attached hydrogen (secondary N) is 1. The summed E-state index contributed by atoms with van der Waals surface area (Å²) in [5.74, 6) is 0.782. The fourth-order valence-corrected chi connectivity index (χ4v) is 6.12. The number of anilines is 1. The van der Waals surface area contributed by atoms with Gasteiger partial charge in [0.15, 0.2) is 5.13 Å². The fourth-order valence-electron chi connectivity index (χ4n) is 3.89. The van der Waals surface area contributed by atoms with E-state index in [-0.39, 0.29) is 10.3 Å². The number of hydrogen-bond acceptors (Lipinski definition) is 5. The van der Waals surface area contributed by atoms with E-state index in [0.29, 0.717) is 11.7 Å². The number of thiazole rings is 1. The number of aromatic nitrogens is 1. The van der Waals surface area contributed by atoms with Crippen molar-refractivity contribution in [3.8, 4) is 27.4 Å². The van der Waals surface area contributed by atoms with Crippen molar-refractivity contribution in [2.75, 3.05) is 11.3 Å². The molecule has 3 aromatic carbocycles. The van der Waals surface area contributed by atoms with Crippen LogP contribution >= 0.6 is 11.3 Å². The SMILES string of the molecule is Cc1cccc(C)c1-c1nc(NS(=O)(=O)c2ccccc2)sc1-c1cccc(OCCC(C)(C)C)c1. The summed E-state index contributed by atoms with van der Waals surface area (Å²) >= 11 is 1.33. The molecule has 0 aliphatic rings. The summed E-state index contributed by atoms with van der Waals surface area (Å²) in [6, 6.07) is 22.4. The van der Waals surface area contributed by atoms with Crippen molar-refractivity contribution in [3.63, 3.8) is 0 Å². The molecule has 0 fully saturated rings. The maximum Gasteiger partial charge on any atom is 0.263 e. The summed E-state index contributed by atoms with van der Waals surface area (Å²) in [7, 11) is -3.76. The molecule has 1 heterocycles. The van der Waals surface area contributed by atoms with E-state index in [2.05, 4.69) is 25.5 Å². The number of nitrogens with zero attached hydrogens (tertiary/aromatic N) is 1. The van der Waals surface area contributed by atoms with E-state index in [9.17, 15) is 8.42 Å². The summed E-state index contributed by atoms with van der Waals surface area (Å²) in [6.07, 6.45) is 0.941. The summed E-state index contributed by atoms with van der Waals surface area (Å²) in [5.41, 5.74) is 5.05. The predicted molar refractivity (Wildman–Crippen MR) is 149 cm³/mol. The first kappa shape index (κ1) is 25.9. The van der Waals surface area contributed by atoms with Crippen LogP contribution in [0.4, 0.5) is 5.13 Å². The van der Waals surface area contributed by atoms with Crippen LogP contribution in [0.2, 0.25) is 0 Å². The molecule has 0 bridgehead atoms. The summed E-state index contributed by atoms with van der Waals surface area (Å²) in [4.78, 5) is 5.89. The Morgan fingerprint density at radius 2 is 1.58 bits per heavy atom. The maximum atomic E-state index is 13.0. The second-order valence-corrected chi connectivity index (χ2v) is 12.8.